The topological polar surface area (TPSA) is 55.5 Å². The van der Waals surface area contributed by atoms with Gasteiger partial charge in [-0.2, -0.15) is 11.8 Å². The molecule has 1 aliphatic rings. The minimum atomic E-state index is -0.0658. The molecular weight excluding hydrogens is 310 g/mol. The molecule has 1 saturated heterocycles. The van der Waals surface area contributed by atoms with Crippen molar-refractivity contribution in [3.63, 3.8) is 0 Å². The van der Waals surface area contributed by atoms with Gasteiger partial charge in [0.25, 0.3) is 0 Å². The summed E-state index contributed by atoms with van der Waals surface area (Å²) in [5, 5.41) is 14.2. The maximum absolute atomic E-state index is 9.37. The standard InChI is InChI=1S/C15H16ClNO3S/c16-12-3-1-11(2-4-12)14-5-13(20-17-14)6-21-10-15(7-18)8-19-9-15/h1-5,18H,6-10H2. The zero-order valence-corrected chi connectivity index (χ0v) is 13.0. The van der Waals surface area contributed by atoms with Crippen molar-refractivity contribution in [2.75, 3.05) is 25.6 Å². The molecule has 112 valence electrons. The van der Waals surface area contributed by atoms with Crippen LogP contribution in [0.4, 0.5) is 0 Å². The van der Waals surface area contributed by atoms with Crippen LogP contribution in [0.3, 0.4) is 0 Å². The number of benzene rings is 1. The molecule has 1 N–H and O–H groups in total. The first-order valence-electron chi connectivity index (χ1n) is 6.69. The van der Waals surface area contributed by atoms with Gasteiger partial charge in [-0.25, -0.2) is 0 Å². The van der Waals surface area contributed by atoms with E-state index in [1.165, 1.54) is 0 Å². The molecule has 0 amide bonds. The molecule has 1 aromatic heterocycles. The number of ether oxygens (including phenoxy) is 1. The van der Waals surface area contributed by atoms with Gasteiger partial charge >= 0.3 is 0 Å². The van der Waals surface area contributed by atoms with Crippen molar-refractivity contribution in [3.05, 3.63) is 41.1 Å². The average molecular weight is 326 g/mol. The Bertz CT molecular complexity index is 590. The summed E-state index contributed by atoms with van der Waals surface area (Å²) in [4.78, 5) is 0. The van der Waals surface area contributed by atoms with E-state index in [-0.39, 0.29) is 12.0 Å². The van der Waals surface area contributed by atoms with E-state index in [1.54, 1.807) is 11.8 Å². The number of halogens is 1. The fourth-order valence-electron chi connectivity index (χ4n) is 2.12. The summed E-state index contributed by atoms with van der Waals surface area (Å²) in [5.41, 5.74) is 1.73. The Hall–Kier alpha value is -1.01. The van der Waals surface area contributed by atoms with Crippen molar-refractivity contribution in [2.45, 2.75) is 5.75 Å². The van der Waals surface area contributed by atoms with Crippen LogP contribution in [0, 0.1) is 5.41 Å². The lowest BCUT2D eigenvalue weighted by atomic mass is 9.90. The Kier molecular flexibility index (Phi) is 4.54. The van der Waals surface area contributed by atoms with Crippen molar-refractivity contribution in [3.8, 4) is 11.3 Å². The van der Waals surface area contributed by atoms with Crippen molar-refractivity contribution in [1.29, 1.82) is 0 Å². The first kappa shape index (κ1) is 14.9. The Morgan fingerprint density at radius 2 is 2.05 bits per heavy atom. The largest absolute Gasteiger partial charge is 0.396 e. The molecule has 1 aliphatic heterocycles. The lowest BCUT2D eigenvalue weighted by molar-refractivity contribution is -0.121. The summed E-state index contributed by atoms with van der Waals surface area (Å²) in [6, 6.07) is 9.45. The van der Waals surface area contributed by atoms with Crippen LogP contribution in [-0.2, 0) is 10.5 Å². The van der Waals surface area contributed by atoms with Crippen LogP contribution in [0.25, 0.3) is 11.3 Å². The molecule has 1 aromatic carbocycles. The van der Waals surface area contributed by atoms with Crippen LogP contribution in [0.2, 0.25) is 5.02 Å². The van der Waals surface area contributed by atoms with Crippen molar-refractivity contribution >= 4 is 23.4 Å². The fraction of sp³-hybridized carbons (Fsp3) is 0.400. The predicted octanol–water partition coefficient (Wildman–Crippen LogP) is 3.24. The first-order valence-corrected chi connectivity index (χ1v) is 8.22. The third-order valence-corrected chi connectivity index (χ3v) is 5.06. The maximum atomic E-state index is 9.37. The molecule has 6 heteroatoms. The van der Waals surface area contributed by atoms with E-state index in [4.69, 9.17) is 20.9 Å². The van der Waals surface area contributed by atoms with Gasteiger partial charge in [-0.3, -0.25) is 0 Å². The van der Waals surface area contributed by atoms with Crippen LogP contribution >= 0.6 is 23.4 Å². The number of thioether (sulfide) groups is 1. The van der Waals surface area contributed by atoms with Gasteiger partial charge in [0.1, 0.15) is 11.5 Å². The molecular formula is C15H16ClNO3S. The monoisotopic (exact) mass is 325 g/mol. The molecule has 0 aliphatic carbocycles. The van der Waals surface area contributed by atoms with Gasteiger partial charge < -0.3 is 14.4 Å². The van der Waals surface area contributed by atoms with Crippen LogP contribution in [0.1, 0.15) is 5.76 Å². The van der Waals surface area contributed by atoms with Gasteiger partial charge in [0.15, 0.2) is 0 Å². The highest BCUT2D eigenvalue weighted by molar-refractivity contribution is 7.98. The molecule has 2 aromatic rings. The highest BCUT2D eigenvalue weighted by Gasteiger charge is 2.37. The summed E-state index contributed by atoms with van der Waals surface area (Å²) >= 11 is 7.60. The van der Waals surface area contributed by atoms with E-state index in [9.17, 15) is 5.11 Å². The van der Waals surface area contributed by atoms with Crippen LogP contribution < -0.4 is 0 Å². The number of aliphatic hydroxyl groups is 1. The molecule has 0 bridgehead atoms. The van der Waals surface area contributed by atoms with Crippen molar-refractivity contribution in [2.24, 2.45) is 5.41 Å². The van der Waals surface area contributed by atoms with E-state index in [0.717, 1.165) is 28.5 Å². The number of hydrogen-bond donors (Lipinski definition) is 1. The minimum Gasteiger partial charge on any atom is -0.396 e. The summed E-state index contributed by atoms with van der Waals surface area (Å²) in [6.45, 7) is 1.46. The van der Waals surface area contributed by atoms with E-state index in [1.807, 2.05) is 30.3 Å². The molecule has 0 spiro atoms. The SMILES string of the molecule is OCC1(CSCc2cc(-c3ccc(Cl)cc3)no2)COC1. The normalized spacial score (nSPS) is 16.7. The van der Waals surface area contributed by atoms with E-state index in [0.29, 0.717) is 18.2 Å². The lowest BCUT2D eigenvalue weighted by Crippen LogP contribution is -2.47. The van der Waals surface area contributed by atoms with Crippen molar-refractivity contribution < 1.29 is 14.4 Å². The molecule has 1 fully saturated rings. The van der Waals surface area contributed by atoms with E-state index >= 15 is 0 Å². The molecule has 0 unspecified atom stereocenters. The zero-order valence-electron chi connectivity index (χ0n) is 11.4. The third-order valence-electron chi connectivity index (χ3n) is 3.50. The predicted molar refractivity (Wildman–Crippen MR) is 83.4 cm³/mol. The molecule has 4 nitrogen and oxygen atoms in total. The second kappa shape index (κ2) is 6.40. The number of aromatic nitrogens is 1. The third kappa shape index (κ3) is 3.43. The summed E-state index contributed by atoms with van der Waals surface area (Å²) in [6.07, 6.45) is 0. The quantitative estimate of drug-likeness (QED) is 0.883. The van der Waals surface area contributed by atoms with Gasteiger partial charge in [-0.1, -0.05) is 28.9 Å². The molecule has 0 atom stereocenters. The Balaban J connectivity index is 1.56. The van der Waals surface area contributed by atoms with E-state index < -0.39 is 0 Å². The van der Waals surface area contributed by atoms with Crippen LogP contribution in [-0.4, -0.2) is 35.8 Å². The highest BCUT2D eigenvalue weighted by Crippen LogP contribution is 2.32. The van der Waals surface area contributed by atoms with Crippen molar-refractivity contribution in [1.82, 2.24) is 5.16 Å². The molecule has 0 saturated carbocycles. The van der Waals surface area contributed by atoms with Gasteiger partial charge in [0, 0.05) is 27.8 Å². The summed E-state index contributed by atoms with van der Waals surface area (Å²) in [7, 11) is 0. The second-order valence-electron chi connectivity index (χ2n) is 5.33. The van der Waals surface area contributed by atoms with Crippen LogP contribution in [0.15, 0.2) is 34.9 Å². The van der Waals surface area contributed by atoms with E-state index in [2.05, 4.69) is 5.16 Å². The molecule has 21 heavy (non-hydrogen) atoms. The minimum absolute atomic E-state index is 0.0658. The summed E-state index contributed by atoms with van der Waals surface area (Å²) < 4.78 is 10.5. The first-order chi connectivity index (χ1) is 10.2. The number of aliphatic hydroxyl groups excluding tert-OH is 1. The second-order valence-corrected chi connectivity index (χ2v) is 6.75. The molecule has 3 rings (SSSR count). The number of nitrogens with zero attached hydrogens (tertiary/aromatic N) is 1. The van der Waals surface area contributed by atoms with Gasteiger partial charge in [0.2, 0.25) is 0 Å². The Labute approximate surface area is 132 Å². The highest BCUT2D eigenvalue weighted by atomic mass is 35.5. The van der Waals surface area contributed by atoms with Gasteiger partial charge in [0.05, 0.1) is 25.6 Å². The number of hydrogen-bond acceptors (Lipinski definition) is 5. The number of rotatable bonds is 6. The smallest absolute Gasteiger partial charge is 0.147 e. The Morgan fingerprint density at radius 3 is 2.67 bits per heavy atom. The van der Waals surface area contributed by atoms with Gasteiger partial charge in [-0.15, -0.1) is 0 Å². The maximum Gasteiger partial charge on any atom is 0.147 e. The zero-order chi connectivity index (χ0) is 14.7. The lowest BCUT2D eigenvalue weighted by Gasteiger charge is -2.39. The van der Waals surface area contributed by atoms with Crippen LogP contribution in [0.5, 0.6) is 0 Å². The molecule has 2 heterocycles. The summed E-state index contributed by atoms with van der Waals surface area (Å²) in [5.74, 6) is 2.43. The molecule has 0 radical (unpaired) electrons. The average Bonchev–Trinajstić information content (AvgIpc) is 2.91. The fourth-order valence-corrected chi connectivity index (χ4v) is 3.37. The Morgan fingerprint density at radius 1 is 1.29 bits per heavy atom. The van der Waals surface area contributed by atoms with Gasteiger partial charge in [-0.05, 0) is 12.1 Å².